The maximum absolute atomic E-state index is 9.80. The molecular formula is C11H21NO. The Bertz CT molecular complexity index is 189. The van der Waals surface area contributed by atoms with Gasteiger partial charge in [0.25, 0.3) is 0 Å². The van der Waals surface area contributed by atoms with Gasteiger partial charge < -0.3 is 10.0 Å². The lowest BCUT2D eigenvalue weighted by Gasteiger charge is -2.51. The van der Waals surface area contributed by atoms with Crippen molar-refractivity contribution < 1.29 is 5.11 Å². The van der Waals surface area contributed by atoms with Crippen LogP contribution in [0.5, 0.6) is 0 Å². The van der Waals surface area contributed by atoms with Crippen molar-refractivity contribution in [3.05, 3.63) is 0 Å². The molecule has 3 unspecified atom stereocenters. The van der Waals surface area contributed by atoms with E-state index in [1.54, 1.807) is 0 Å². The van der Waals surface area contributed by atoms with E-state index in [0.717, 1.165) is 18.8 Å². The van der Waals surface area contributed by atoms with Crippen molar-refractivity contribution >= 4 is 0 Å². The smallest absolute Gasteiger partial charge is 0.0560 e. The second-order valence-corrected chi connectivity index (χ2v) is 5.17. The summed E-state index contributed by atoms with van der Waals surface area (Å²) in [7, 11) is 4.33. The van der Waals surface area contributed by atoms with Crippen LogP contribution in [0.3, 0.4) is 0 Å². The van der Waals surface area contributed by atoms with Gasteiger partial charge in [-0.05, 0) is 45.7 Å². The summed E-state index contributed by atoms with van der Waals surface area (Å²) in [5.41, 5.74) is 0.334. The molecule has 76 valence electrons. The highest BCUT2D eigenvalue weighted by molar-refractivity contribution is 4.99. The Morgan fingerprint density at radius 2 is 2.08 bits per heavy atom. The molecule has 0 saturated heterocycles. The molecule has 2 rings (SSSR count). The topological polar surface area (TPSA) is 23.5 Å². The van der Waals surface area contributed by atoms with Gasteiger partial charge in [0.15, 0.2) is 0 Å². The molecule has 3 atom stereocenters. The van der Waals surface area contributed by atoms with Crippen LogP contribution < -0.4 is 0 Å². The fourth-order valence-electron chi connectivity index (χ4n) is 3.34. The highest BCUT2D eigenvalue weighted by Gasteiger charge is 2.43. The van der Waals surface area contributed by atoms with Gasteiger partial charge in [0, 0.05) is 5.54 Å². The monoisotopic (exact) mass is 183 g/mol. The summed E-state index contributed by atoms with van der Waals surface area (Å²) in [6.45, 7) is 0. The summed E-state index contributed by atoms with van der Waals surface area (Å²) in [5, 5.41) is 9.80. The Balaban J connectivity index is 2.15. The van der Waals surface area contributed by atoms with Crippen LogP contribution in [-0.2, 0) is 0 Å². The summed E-state index contributed by atoms with van der Waals surface area (Å²) >= 11 is 0. The fraction of sp³-hybridized carbons (Fsp3) is 1.00. The minimum Gasteiger partial charge on any atom is -0.393 e. The van der Waals surface area contributed by atoms with Crippen LogP contribution in [-0.4, -0.2) is 35.7 Å². The molecule has 0 aromatic carbocycles. The van der Waals surface area contributed by atoms with Gasteiger partial charge in [0.05, 0.1) is 6.10 Å². The third-order valence-electron chi connectivity index (χ3n) is 4.09. The zero-order valence-electron chi connectivity index (χ0n) is 8.79. The third-order valence-corrected chi connectivity index (χ3v) is 4.09. The van der Waals surface area contributed by atoms with Gasteiger partial charge in [-0.25, -0.2) is 0 Å². The SMILES string of the molecule is CN(C)C12CCCC(CC(O)C1)C2. The molecule has 2 heteroatoms. The lowest BCUT2D eigenvalue weighted by molar-refractivity contribution is -0.0354. The Labute approximate surface area is 80.9 Å². The predicted molar refractivity (Wildman–Crippen MR) is 53.6 cm³/mol. The van der Waals surface area contributed by atoms with Crippen molar-refractivity contribution in [3.63, 3.8) is 0 Å². The first kappa shape index (κ1) is 9.47. The van der Waals surface area contributed by atoms with Crippen LogP contribution in [0.2, 0.25) is 0 Å². The Morgan fingerprint density at radius 1 is 1.31 bits per heavy atom. The Hall–Kier alpha value is -0.0800. The largest absolute Gasteiger partial charge is 0.393 e. The van der Waals surface area contributed by atoms with Crippen molar-refractivity contribution in [1.29, 1.82) is 0 Å². The summed E-state index contributed by atoms with van der Waals surface area (Å²) in [6.07, 6.45) is 7.31. The molecule has 2 fully saturated rings. The number of hydrogen-bond donors (Lipinski definition) is 1. The van der Waals surface area contributed by atoms with E-state index in [9.17, 15) is 5.11 Å². The molecule has 0 aromatic rings. The molecule has 2 nitrogen and oxygen atoms in total. The van der Waals surface area contributed by atoms with Gasteiger partial charge in [-0.2, -0.15) is 0 Å². The number of aliphatic hydroxyl groups excluding tert-OH is 1. The average molecular weight is 183 g/mol. The molecule has 2 bridgehead atoms. The first-order chi connectivity index (χ1) is 6.12. The number of hydrogen-bond acceptors (Lipinski definition) is 2. The van der Waals surface area contributed by atoms with E-state index < -0.39 is 0 Å². The van der Waals surface area contributed by atoms with Gasteiger partial charge in [0.1, 0.15) is 0 Å². The minimum absolute atomic E-state index is 0.0403. The van der Waals surface area contributed by atoms with Crippen LogP contribution >= 0.6 is 0 Å². The number of rotatable bonds is 1. The van der Waals surface area contributed by atoms with E-state index in [0.29, 0.717) is 5.54 Å². The molecule has 0 radical (unpaired) electrons. The molecule has 0 aromatic heterocycles. The standard InChI is InChI=1S/C11H21NO/c1-12(2)11-5-3-4-9(7-11)6-10(13)8-11/h9-10,13H,3-8H2,1-2H3. The van der Waals surface area contributed by atoms with Crippen LogP contribution in [0.25, 0.3) is 0 Å². The second kappa shape index (κ2) is 3.25. The highest BCUT2D eigenvalue weighted by Crippen LogP contribution is 2.45. The lowest BCUT2D eigenvalue weighted by Crippen LogP contribution is -2.53. The molecule has 0 spiro atoms. The van der Waals surface area contributed by atoms with Crippen molar-refractivity contribution in [2.45, 2.75) is 50.2 Å². The van der Waals surface area contributed by atoms with E-state index >= 15 is 0 Å². The Kier molecular flexibility index (Phi) is 2.37. The summed E-state index contributed by atoms with van der Waals surface area (Å²) in [6, 6.07) is 0. The quantitative estimate of drug-likeness (QED) is 0.668. The number of nitrogens with zero attached hydrogens (tertiary/aromatic N) is 1. The molecule has 2 saturated carbocycles. The van der Waals surface area contributed by atoms with E-state index in [-0.39, 0.29) is 6.10 Å². The molecular weight excluding hydrogens is 162 g/mol. The van der Waals surface area contributed by atoms with E-state index in [2.05, 4.69) is 19.0 Å². The molecule has 2 aliphatic carbocycles. The first-order valence-corrected chi connectivity index (χ1v) is 5.48. The van der Waals surface area contributed by atoms with Crippen molar-refractivity contribution in [2.24, 2.45) is 5.92 Å². The first-order valence-electron chi connectivity index (χ1n) is 5.48. The van der Waals surface area contributed by atoms with Crippen LogP contribution in [0.15, 0.2) is 0 Å². The Morgan fingerprint density at radius 3 is 2.77 bits per heavy atom. The van der Waals surface area contributed by atoms with Crippen LogP contribution in [0, 0.1) is 5.92 Å². The van der Waals surface area contributed by atoms with E-state index in [1.165, 1.54) is 25.7 Å². The average Bonchev–Trinajstić information content (AvgIpc) is 2.02. The zero-order valence-corrected chi connectivity index (χ0v) is 8.79. The third kappa shape index (κ3) is 1.62. The maximum Gasteiger partial charge on any atom is 0.0560 e. The van der Waals surface area contributed by atoms with Gasteiger partial charge >= 0.3 is 0 Å². The molecule has 0 aliphatic heterocycles. The highest BCUT2D eigenvalue weighted by atomic mass is 16.3. The molecule has 13 heavy (non-hydrogen) atoms. The van der Waals surface area contributed by atoms with E-state index in [4.69, 9.17) is 0 Å². The van der Waals surface area contributed by atoms with Gasteiger partial charge in [0.2, 0.25) is 0 Å². The lowest BCUT2D eigenvalue weighted by atomic mass is 9.65. The minimum atomic E-state index is -0.0403. The van der Waals surface area contributed by atoms with Crippen molar-refractivity contribution in [3.8, 4) is 0 Å². The number of fused-ring (bicyclic) bond motifs is 2. The van der Waals surface area contributed by atoms with Crippen LogP contribution in [0.1, 0.15) is 38.5 Å². The van der Waals surface area contributed by atoms with Crippen LogP contribution in [0.4, 0.5) is 0 Å². The number of aliphatic hydroxyl groups is 1. The van der Waals surface area contributed by atoms with Gasteiger partial charge in [-0.1, -0.05) is 12.8 Å². The molecule has 0 heterocycles. The summed E-state index contributed by atoms with van der Waals surface area (Å²) in [5.74, 6) is 0.792. The second-order valence-electron chi connectivity index (χ2n) is 5.17. The van der Waals surface area contributed by atoms with Gasteiger partial charge in [-0.15, -0.1) is 0 Å². The van der Waals surface area contributed by atoms with Crippen molar-refractivity contribution in [1.82, 2.24) is 4.90 Å². The maximum atomic E-state index is 9.80. The fourth-order valence-corrected chi connectivity index (χ4v) is 3.34. The summed E-state index contributed by atoms with van der Waals surface area (Å²) in [4.78, 5) is 2.35. The van der Waals surface area contributed by atoms with Gasteiger partial charge in [-0.3, -0.25) is 0 Å². The molecule has 1 N–H and O–H groups in total. The molecule has 0 amide bonds. The summed E-state index contributed by atoms with van der Waals surface area (Å²) < 4.78 is 0. The zero-order chi connectivity index (χ0) is 9.47. The van der Waals surface area contributed by atoms with Crippen molar-refractivity contribution in [2.75, 3.05) is 14.1 Å². The predicted octanol–water partition coefficient (Wildman–Crippen LogP) is 1.63. The normalized spacial score (nSPS) is 45.2. The van der Waals surface area contributed by atoms with E-state index in [1.807, 2.05) is 0 Å². The molecule has 2 aliphatic rings.